The number of hydrogen-bond acceptors (Lipinski definition) is 4. The largest absolute Gasteiger partial charge is 0.394 e. The first-order valence-corrected chi connectivity index (χ1v) is 6.40. The Hall–Kier alpha value is -1.43. The maximum atomic E-state index is 12.0. The van der Waals surface area contributed by atoms with Crippen molar-refractivity contribution in [1.29, 1.82) is 0 Å². The molecule has 0 aliphatic carbocycles. The van der Waals surface area contributed by atoms with Crippen LogP contribution in [0.15, 0.2) is 30.3 Å². The number of aliphatic hydroxyl groups excluding tert-OH is 1. The molecule has 0 aliphatic rings. The summed E-state index contributed by atoms with van der Waals surface area (Å²) in [6.45, 7) is 3.05. The fourth-order valence-corrected chi connectivity index (χ4v) is 1.64. The van der Waals surface area contributed by atoms with Crippen LogP contribution in [-0.2, 0) is 15.1 Å². The van der Waals surface area contributed by atoms with Crippen molar-refractivity contribution < 1.29 is 14.6 Å². The Bertz CT molecular complexity index is 380. The number of carbonyl (C=O) groups excluding carboxylic acids is 1. The molecule has 0 radical (unpaired) electrons. The number of nitrogens with two attached hydrogens (primary N) is 1. The number of amides is 1. The second-order valence-electron chi connectivity index (χ2n) is 4.51. The Kier molecular flexibility index (Phi) is 6.49. The van der Waals surface area contributed by atoms with Crippen molar-refractivity contribution in [3.05, 3.63) is 35.9 Å². The number of nitrogens with one attached hydrogen (secondary N) is 1. The van der Waals surface area contributed by atoms with Gasteiger partial charge in [-0.05, 0) is 18.9 Å². The molecule has 1 aromatic carbocycles. The first kappa shape index (κ1) is 15.6. The molecular formula is C14H22N2O3. The van der Waals surface area contributed by atoms with Gasteiger partial charge in [0.05, 0.1) is 13.2 Å². The third-order valence-corrected chi connectivity index (χ3v) is 2.83. The number of aliphatic hydroxyl groups is 1. The number of hydrogen-bond donors (Lipinski definition) is 3. The summed E-state index contributed by atoms with van der Waals surface area (Å²) in [5.41, 5.74) is 5.81. The summed E-state index contributed by atoms with van der Waals surface area (Å²) in [5.74, 6) is -0.208. The Balaban J connectivity index is 2.36. The minimum atomic E-state index is -1.03. The molecular weight excluding hydrogens is 244 g/mol. The smallest absolute Gasteiger partial charge is 0.244 e. The summed E-state index contributed by atoms with van der Waals surface area (Å²) < 4.78 is 5.10. The van der Waals surface area contributed by atoms with E-state index < -0.39 is 5.54 Å². The van der Waals surface area contributed by atoms with Crippen molar-refractivity contribution in [2.45, 2.75) is 18.9 Å². The zero-order valence-corrected chi connectivity index (χ0v) is 11.3. The lowest BCUT2D eigenvalue weighted by molar-refractivity contribution is -0.126. The highest BCUT2D eigenvalue weighted by Gasteiger charge is 2.29. The molecule has 4 N–H and O–H groups in total. The molecule has 0 aliphatic heterocycles. The molecule has 0 bridgehead atoms. The minimum Gasteiger partial charge on any atom is -0.394 e. The fraction of sp³-hybridized carbons (Fsp3) is 0.500. The molecule has 1 amide bonds. The molecule has 5 heteroatoms. The van der Waals surface area contributed by atoms with E-state index in [0.717, 1.165) is 5.56 Å². The van der Waals surface area contributed by atoms with Gasteiger partial charge in [0.2, 0.25) is 5.91 Å². The summed E-state index contributed by atoms with van der Waals surface area (Å²) in [7, 11) is 0. The summed E-state index contributed by atoms with van der Waals surface area (Å²) in [4.78, 5) is 12.0. The van der Waals surface area contributed by atoms with Crippen molar-refractivity contribution in [2.24, 2.45) is 5.73 Å². The van der Waals surface area contributed by atoms with Gasteiger partial charge in [0.1, 0.15) is 5.54 Å². The molecule has 1 aromatic rings. The molecule has 0 heterocycles. The van der Waals surface area contributed by atoms with Gasteiger partial charge in [-0.3, -0.25) is 4.79 Å². The van der Waals surface area contributed by atoms with Gasteiger partial charge in [0.25, 0.3) is 0 Å². The van der Waals surface area contributed by atoms with Crippen LogP contribution in [0.2, 0.25) is 0 Å². The van der Waals surface area contributed by atoms with Crippen LogP contribution in [0, 0.1) is 0 Å². The van der Waals surface area contributed by atoms with Crippen LogP contribution in [0.5, 0.6) is 0 Å². The second kappa shape index (κ2) is 7.89. The second-order valence-corrected chi connectivity index (χ2v) is 4.51. The zero-order valence-electron chi connectivity index (χ0n) is 11.3. The van der Waals surface area contributed by atoms with E-state index in [2.05, 4.69) is 5.32 Å². The van der Waals surface area contributed by atoms with Crippen molar-refractivity contribution in [3.8, 4) is 0 Å². The summed E-state index contributed by atoms with van der Waals surface area (Å²) in [6.07, 6.45) is 0.691. The van der Waals surface area contributed by atoms with Gasteiger partial charge in [-0.2, -0.15) is 0 Å². The topological polar surface area (TPSA) is 84.6 Å². The van der Waals surface area contributed by atoms with Crippen molar-refractivity contribution in [1.82, 2.24) is 5.32 Å². The van der Waals surface area contributed by atoms with Crippen LogP contribution in [0.4, 0.5) is 0 Å². The molecule has 5 nitrogen and oxygen atoms in total. The van der Waals surface area contributed by atoms with Crippen molar-refractivity contribution in [3.63, 3.8) is 0 Å². The average molecular weight is 266 g/mol. The fourth-order valence-electron chi connectivity index (χ4n) is 1.64. The molecule has 0 saturated carbocycles. The lowest BCUT2D eigenvalue weighted by Crippen LogP contribution is -2.49. The Labute approximate surface area is 113 Å². The van der Waals surface area contributed by atoms with Gasteiger partial charge < -0.3 is 20.9 Å². The summed E-state index contributed by atoms with van der Waals surface area (Å²) in [6, 6.07) is 9.27. The molecule has 0 spiro atoms. The lowest BCUT2D eigenvalue weighted by Gasteiger charge is -2.24. The molecule has 0 aromatic heterocycles. The summed E-state index contributed by atoms with van der Waals surface area (Å²) in [5, 5.41) is 11.3. The van der Waals surface area contributed by atoms with E-state index in [1.165, 1.54) is 0 Å². The van der Waals surface area contributed by atoms with Gasteiger partial charge in [-0.25, -0.2) is 0 Å². The highest BCUT2D eigenvalue weighted by molar-refractivity contribution is 5.86. The molecule has 1 rings (SSSR count). The number of ether oxygens (including phenoxy) is 1. The van der Waals surface area contributed by atoms with Gasteiger partial charge in [0.15, 0.2) is 0 Å². The zero-order chi connectivity index (χ0) is 14.1. The van der Waals surface area contributed by atoms with Crippen LogP contribution in [-0.4, -0.2) is 37.4 Å². The molecule has 1 unspecified atom stereocenters. The average Bonchev–Trinajstić information content (AvgIpc) is 2.43. The van der Waals surface area contributed by atoms with Crippen molar-refractivity contribution in [2.75, 3.05) is 26.4 Å². The van der Waals surface area contributed by atoms with E-state index in [1.807, 2.05) is 30.3 Å². The van der Waals surface area contributed by atoms with Crippen LogP contribution in [0.1, 0.15) is 18.9 Å². The van der Waals surface area contributed by atoms with E-state index in [1.54, 1.807) is 6.92 Å². The van der Waals surface area contributed by atoms with Gasteiger partial charge >= 0.3 is 0 Å². The third-order valence-electron chi connectivity index (χ3n) is 2.83. The molecule has 0 fully saturated rings. The quantitative estimate of drug-likeness (QED) is 0.594. The highest BCUT2D eigenvalue weighted by atomic mass is 16.5. The number of rotatable bonds is 8. The van der Waals surface area contributed by atoms with E-state index in [-0.39, 0.29) is 12.5 Å². The Morgan fingerprint density at radius 2 is 2.05 bits per heavy atom. The Morgan fingerprint density at radius 3 is 2.68 bits per heavy atom. The van der Waals surface area contributed by atoms with Crippen LogP contribution < -0.4 is 11.1 Å². The van der Waals surface area contributed by atoms with E-state index in [0.29, 0.717) is 26.2 Å². The van der Waals surface area contributed by atoms with Crippen LogP contribution >= 0.6 is 0 Å². The van der Waals surface area contributed by atoms with Crippen molar-refractivity contribution >= 4 is 5.91 Å². The lowest BCUT2D eigenvalue weighted by atomic mass is 9.92. The normalized spacial score (nSPS) is 13.8. The molecule has 0 saturated heterocycles. The molecule has 106 valence electrons. The number of carbonyl (C=O) groups is 1. The van der Waals surface area contributed by atoms with Gasteiger partial charge in [0, 0.05) is 13.2 Å². The van der Waals surface area contributed by atoms with E-state index in [9.17, 15) is 4.79 Å². The standard InChI is InChI=1S/C14H22N2O3/c1-14(15,12-6-3-2-4-7-12)13(18)16-8-5-10-19-11-9-17/h2-4,6-7,17H,5,8-11,15H2,1H3,(H,16,18). The van der Waals surface area contributed by atoms with Crippen LogP contribution in [0.25, 0.3) is 0 Å². The Morgan fingerprint density at radius 1 is 1.37 bits per heavy atom. The molecule has 19 heavy (non-hydrogen) atoms. The van der Waals surface area contributed by atoms with Gasteiger partial charge in [-0.1, -0.05) is 30.3 Å². The third kappa shape index (κ3) is 4.98. The first-order valence-electron chi connectivity index (χ1n) is 6.40. The van der Waals surface area contributed by atoms with E-state index in [4.69, 9.17) is 15.6 Å². The van der Waals surface area contributed by atoms with Gasteiger partial charge in [-0.15, -0.1) is 0 Å². The predicted octanol–water partition coefficient (Wildman–Crippen LogP) is 0.376. The highest BCUT2D eigenvalue weighted by Crippen LogP contribution is 2.17. The SMILES string of the molecule is CC(N)(C(=O)NCCCOCCO)c1ccccc1. The maximum absolute atomic E-state index is 12.0. The predicted molar refractivity (Wildman–Crippen MR) is 73.5 cm³/mol. The number of benzene rings is 1. The first-order chi connectivity index (χ1) is 9.09. The maximum Gasteiger partial charge on any atom is 0.244 e. The summed E-state index contributed by atoms with van der Waals surface area (Å²) >= 11 is 0. The van der Waals surface area contributed by atoms with Crippen LogP contribution in [0.3, 0.4) is 0 Å². The molecule has 1 atom stereocenters. The monoisotopic (exact) mass is 266 g/mol. The minimum absolute atomic E-state index is 0.0151. The van der Waals surface area contributed by atoms with E-state index >= 15 is 0 Å².